The molecule has 0 radical (unpaired) electrons. The quantitative estimate of drug-likeness (QED) is 0.683. The molecule has 7 heteroatoms. The zero-order chi connectivity index (χ0) is 15.0. The first-order valence-corrected chi connectivity index (χ1v) is 6.69. The van der Waals surface area contributed by atoms with Crippen LogP contribution in [0.4, 0.5) is 11.6 Å². The van der Waals surface area contributed by atoms with E-state index in [-0.39, 0.29) is 5.91 Å². The van der Waals surface area contributed by atoms with Crippen LogP contribution in [0.3, 0.4) is 0 Å². The first-order valence-electron chi connectivity index (χ1n) is 6.69. The lowest BCUT2D eigenvalue weighted by Gasteiger charge is -2.05. The lowest BCUT2D eigenvalue weighted by molar-refractivity contribution is 0.101. The minimum Gasteiger partial charge on any atom is -0.395 e. The van der Waals surface area contributed by atoms with E-state index in [0.717, 1.165) is 11.0 Å². The number of fused-ring (bicyclic) bond motifs is 1. The molecule has 1 amide bonds. The number of amides is 1. The van der Waals surface area contributed by atoms with Gasteiger partial charge in [0.2, 0.25) is 5.95 Å². The van der Waals surface area contributed by atoms with Crippen LogP contribution in [0.25, 0.3) is 11.0 Å². The Labute approximate surface area is 121 Å². The topological polar surface area (TPSA) is 102 Å². The van der Waals surface area contributed by atoms with Gasteiger partial charge in [-0.05, 0) is 26.0 Å². The second kappa shape index (κ2) is 4.93. The minimum absolute atomic E-state index is 0.325. The Kier molecular flexibility index (Phi) is 3.09. The molecular formula is C14H16N6O. The van der Waals surface area contributed by atoms with Crippen LogP contribution in [0.2, 0.25) is 0 Å². The number of anilines is 2. The van der Waals surface area contributed by atoms with Crippen LogP contribution in [0.1, 0.15) is 23.1 Å². The van der Waals surface area contributed by atoms with E-state index in [9.17, 15) is 4.79 Å². The fourth-order valence-electron chi connectivity index (χ4n) is 2.24. The fraction of sp³-hybridized carbons (Fsp3) is 0.214. The smallest absolute Gasteiger partial charge is 0.278 e. The van der Waals surface area contributed by atoms with Gasteiger partial charge >= 0.3 is 0 Å². The van der Waals surface area contributed by atoms with Crippen LogP contribution in [-0.2, 0) is 6.54 Å². The van der Waals surface area contributed by atoms with Gasteiger partial charge < -0.3 is 10.7 Å². The van der Waals surface area contributed by atoms with Crippen molar-refractivity contribution in [1.29, 1.82) is 0 Å². The van der Waals surface area contributed by atoms with Crippen LogP contribution in [-0.4, -0.2) is 25.7 Å². The number of nitrogens with zero attached hydrogens (tertiary/aromatic N) is 3. The maximum Gasteiger partial charge on any atom is 0.278 e. The molecule has 0 aliphatic carbocycles. The van der Waals surface area contributed by atoms with E-state index in [2.05, 4.69) is 20.4 Å². The third kappa shape index (κ3) is 2.22. The summed E-state index contributed by atoms with van der Waals surface area (Å²) in [5, 5.41) is 6.96. The molecule has 3 rings (SSSR count). The molecule has 0 atom stereocenters. The average molecular weight is 284 g/mol. The summed E-state index contributed by atoms with van der Waals surface area (Å²) in [5.74, 6) is 0.0658. The largest absolute Gasteiger partial charge is 0.395 e. The van der Waals surface area contributed by atoms with E-state index in [1.54, 1.807) is 11.6 Å². The van der Waals surface area contributed by atoms with Crippen molar-refractivity contribution in [3.05, 3.63) is 35.7 Å². The lowest BCUT2D eigenvalue weighted by Crippen LogP contribution is -2.19. The Morgan fingerprint density at radius 3 is 2.90 bits per heavy atom. The molecule has 0 fully saturated rings. The number of hydrogen-bond donors (Lipinski definition) is 3. The molecule has 7 nitrogen and oxygen atoms in total. The molecule has 21 heavy (non-hydrogen) atoms. The van der Waals surface area contributed by atoms with Crippen molar-refractivity contribution in [1.82, 2.24) is 19.7 Å². The number of hydrogen-bond acceptors (Lipinski definition) is 4. The van der Waals surface area contributed by atoms with Gasteiger partial charge in [-0.25, -0.2) is 4.98 Å². The van der Waals surface area contributed by atoms with E-state index in [0.29, 0.717) is 29.6 Å². The molecule has 108 valence electrons. The molecular weight excluding hydrogens is 268 g/mol. The number of nitrogen functional groups attached to an aromatic ring is 1. The number of carbonyl (C=O) groups excluding carboxylic acids is 1. The molecule has 0 saturated carbocycles. The zero-order valence-corrected chi connectivity index (χ0v) is 11.8. The summed E-state index contributed by atoms with van der Waals surface area (Å²) in [7, 11) is 0. The van der Waals surface area contributed by atoms with Crippen molar-refractivity contribution in [2.75, 3.05) is 11.1 Å². The second-order valence-electron chi connectivity index (χ2n) is 4.72. The highest BCUT2D eigenvalue weighted by Crippen LogP contribution is 2.19. The van der Waals surface area contributed by atoms with E-state index in [1.165, 1.54) is 0 Å². The molecule has 2 heterocycles. The van der Waals surface area contributed by atoms with Crippen LogP contribution in [0.15, 0.2) is 24.3 Å². The highest BCUT2D eigenvalue weighted by Gasteiger charge is 2.20. The number of H-pyrrole nitrogens is 1. The Balaban J connectivity index is 1.92. The van der Waals surface area contributed by atoms with Crippen molar-refractivity contribution in [3.63, 3.8) is 0 Å². The van der Waals surface area contributed by atoms with Crippen LogP contribution in [0.5, 0.6) is 0 Å². The first kappa shape index (κ1) is 13.2. The summed E-state index contributed by atoms with van der Waals surface area (Å²) in [6, 6.07) is 7.56. The van der Waals surface area contributed by atoms with E-state index in [1.807, 2.05) is 31.2 Å². The number of rotatable bonds is 3. The van der Waals surface area contributed by atoms with Crippen molar-refractivity contribution in [2.24, 2.45) is 0 Å². The number of carbonyl (C=O) groups is 1. The maximum atomic E-state index is 12.4. The summed E-state index contributed by atoms with van der Waals surface area (Å²) in [5.41, 5.74) is 8.98. The van der Waals surface area contributed by atoms with Crippen LogP contribution < -0.4 is 11.1 Å². The van der Waals surface area contributed by atoms with E-state index < -0.39 is 0 Å². The minimum atomic E-state index is -0.325. The zero-order valence-electron chi connectivity index (χ0n) is 11.8. The SMILES string of the molecule is CCn1nc(C)c(N)c1C(=O)Nc1nc2ccccc2[nH]1. The first-order chi connectivity index (χ1) is 10.1. The number of nitrogens with two attached hydrogens (primary N) is 1. The lowest BCUT2D eigenvalue weighted by atomic mass is 10.3. The summed E-state index contributed by atoms with van der Waals surface area (Å²) in [6.45, 7) is 4.25. The molecule has 0 unspecified atom stereocenters. The number of imidazole rings is 1. The van der Waals surface area contributed by atoms with Crippen molar-refractivity contribution in [3.8, 4) is 0 Å². The fourth-order valence-corrected chi connectivity index (χ4v) is 2.24. The highest BCUT2D eigenvalue weighted by molar-refractivity contribution is 6.06. The normalized spacial score (nSPS) is 11.0. The van der Waals surface area contributed by atoms with Crippen molar-refractivity contribution >= 4 is 28.6 Å². The van der Waals surface area contributed by atoms with E-state index >= 15 is 0 Å². The number of nitrogens with one attached hydrogen (secondary N) is 2. The predicted octanol–water partition coefficient (Wildman–Crippen LogP) is 1.92. The Hall–Kier alpha value is -2.83. The number of aromatic nitrogens is 4. The van der Waals surface area contributed by atoms with Gasteiger partial charge in [0, 0.05) is 6.54 Å². The van der Waals surface area contributed by atoms with Gasteiger partial charge in [-0.3, -0.25) is 14.8 Å². The predicted molar refractivity (Wildman–Crippen MR) is 81.1 cm³/mol. The summed E-state index contributed by atoms with van der Waals surface area (Å²) in [4.78, 5) is 19.8. The molecule has 1 aromatic carbocycles. The molecule has 4 N–H and O–H groups in total. The monoisotopic (exact) mass is 284 g/mol. The number of para-hydroxylation sites is 2. The summed E-state index contributed by atoms with van der Waals surface area (Å²) in [6.07, 6.45) is 0. The maximum absolute atomic E-state index is 12.4. The Morgan fingerprint density at radius 1 is 1.43 bits per heavy atom. The molecule has 0 spiro atoms. The third-order valence-electron chi connectivity index (χ3n) is 3.31. The van der Waals surface area contributed by atoms with Gasteiger partial charge in [-0.1, -0.05) is 12.1 Å². The van der Waals surface area contributed by atoms with Crippen LogP contribution in [0, 0.1) is 6.92 Å². The number of aromatic amines is 1. The summed E-state index contributed by atoms with van der Waals surface area (Å²) < 4.78 is 1.59. The molecule has 0 saturated heterocycles. The second-order valence-corrected chi connectivity index (χ2v) is 4.72. The molecule has 0 bridgehead atoms. The Morgan fingerprint density at radius 2 is 2.19 bits per heavy atom. The Bertz CT molecular complexity index is 783. The van der Waals surface area contributed by atoms with Gasteiger partial charge in [0.15, 0.2) is 0 Å². The summed E-state index contributed by atoms with van der Waals surface area (Å²) >= 11 is 0. The molecule has 0 aliphatic heterocycles. The number of benzene rings is 1. The van der Waals surface area contributed by atoms with Gasteiger partial charge in [-0.2, -0.15) is 5.10 Å². The molecule has 0 aliphatic rings. The van der Waals surface area contributed by atoms with Gasteiger partial charge in [0.25, 0.3) is 5.91 Å². The highest BCUT2D eigenvalue weighted by atomic mass is 16.2. The van der Waals surface area contributed by atoms with Gasteiger partial charge in [-0.15, -0.1) is 0 Å². The standard InChI is InChI=1S/C14H16N6O/c1-3-20-12(11(15)8(2)19-20)13(21)18-14-16-9-6-4-5-7-10(9)17-14/h4-7H,3,15H2,1-2H3,(H2,16,17,18,21). The van der Waals surface area contributed by atoms with Gasteiger partial charge in [0.1, 0.15) is 5.69 Å². The van der Waals surface area contributed by atoms with Crippen LogP contribution >= 0.6 is 0 Å². The number of aryl methyl sites for hydroxylation is 2. The third-order valence-corrected chi connectivity index (χ3v) is 3.31. The van der Waals surface area contributed by atoms with Gasteiger partial charge in [0.05, 0.1) is 22.4 Å². The van der Waals surface area contributed by atoms with Crippen molar-refractivity contribution in [2.45, 2.75) is 20.4 Å². The van der Waals surface area contributed by atoms with Crippen molar-refractivity contribution < 1.29 is 4.79 Å². The average Bonchev–Trinajstić information content (AvgIpc) is 2.99. The molecule has 2 aromatic heterocycles. The molecule has 3 aromatic rings. The van der Waals surface area contributed by atoms with E-state index in [4.69, 9.17) is 5.73 Å².